The highest BCUT2D eigenvalue weighted by Gasteiger charge is 2.25. The van der Waals surface area contributed by atoms with Crippen LogP contribution in [0, 0.1) is 5.41 Å². The van der Waals surface area contributed by atoms with Gasteiger partial charge in [-0.3, -0.25) is 0 Å². The third kappa shape index (κ3) is 3.29. The zero-order valence-electron chi connectivity index (χ0n) is 5.95. The molecule has 0 rings (SSSR count). The summed E-state index contributed by atoms with van der Waals surface area (Å²) in [6.45, 7) is 4.51. The molecular formula is C6H12Cl2O. The highest BCUT2D eigenvalue weighted by atomic mass is 35.5. The largest absolute Gasteiger partial charge is 0.384 e. The number of hydrogen-bond acceptors (Lipinski definition) is 1. The Morgan fingerprint density at radius 1 is 1.44 bits per heavy atom. The summed E-state index contributed by atoms with van der Waals surface area (Å²) in [5, 5.41) is 0. The van der Waals surface area contributed by atoms with Crippen molar-refractivity contribution in [2.75, 3.05) is 13.7 Å². The van der Waals surface area contributed by atoms with Gasteiger partial charge in [-0.2, -0.15) is 0 Å². The summed E-state index contributed by atoms with van der Waals surface area (Å²) in [5.41, 5.74) is -0.141. The molecule has 0 aromatic rings. The Kier molecular flexibility index (Phi) is 3.86. The number of methoxy groups -OCH3 is 1. The van der Waals surface area contributed by atoms with Gasteiger partial charge >= 0.3 is 0 Å². The van der Waals surface area contributed by atoms with Crippen molar-refractivity contribution in [3.05, 3.63) is 0 Å². The predicted octanol–water partition coefficient (Wildman–Crippen LogP) is 2.46. The van der Waals surface area contributed by atoms with Crippen molar-refractivity contribution in [2.45, 2.75) is 18.7 Å². The molecule has 0 amide bonds. The van der Waals surface area contributed by atoms with Crippen LogP contribution in [0.2, 0.25) is 0 Å². The first-order chi connectivity index (χ1) is 4.00. The predicted molar refractivity (Wildman–Crippen MR) is 41.2 cm³/mol. The Morgan fingerprint density at radius 2 is 1.89 bits per heavy atom. The van der Waals surface area contributed by atoms with Crippen LogP contribution >= 0.6 is 23.2 Å². The van der Waals surface area contributed by atoms with E-state index in [-0.39, 0.29) is 10.3 Å². The molecule has 0 atom stereocenters. The van der Waals surface area contributed by atoms with E-state index in [0.29, 0.717) is 6.61 Å². The van der Waals surface area contributed by atoms with Crippen LogP contribution in [0.25, 0.3) is 0 Å². The standard InChI is InChI=1S/C6H12Cl2O/c1-6(2,4-9-3)5(7)8/h5H,4H2,1-3H3. The van der Waals surface area contributed by atoms with E-state index in [9.17, 15) is 0 Å². The minimum Gasteiger partial charge on any atom is -0.384 e. The Bertz CT molecular complexity index is 81.1. The summed E-state index contributed by atoms with van der Waals surface area (Å²) in [5.74, 6) is 0. The van der Waals surface area contributed by atoms with Gasteiger partial charge in [0.1, 0.15) is 4.84 Å². The zero-order valence-corrected chi connectivity index (χ0v) is 7.46. The number of rotatable bonds is 3. The zero-order chi connectivity index (χ0) is 7.49. The van der Waals surface area contributed by atoms with Gasteiger partial charge in [0, 0.05) is 12.5 Å². The number of halogens is 2. The van der Waals surface area contributed by atoms with Crippen LogP contribution in [0.3, 0.4) is 0 Å². The minimum absolute atomic E-state index is 0.141. The fourth-order valence-corrected chi connectivity index (χ4v) is 0.561. The maximum Gasteiger partial charge on any atom is 0.115 e. The minimum atomic E-state index is -0.363. The monoisotopic (exact) mass is 170 g/mol. The molecular weight excluding hydrogens is 159 g/mol. The van der Waals surface area contributed by atoms with E-state index in [4.69, 9.17) is 27.9 Å². The van der Waals surface area contributed by atoms with Gasteiger partial charge in [-0.05, 0) is 0 Å². The first-order valence-corrected chi connectivity index (χ1v) is 3.65. The number of alkyl halides is 2. The molecule has 0 aliphatic rings. The molecule has 0 aromatic carbocycles. The third-order valence-corrected chi connectivity index (χ3v) is 2.29. The van der Waals surface area contributed by atoms with Gasteiger partial charge in [-0.25, -0.2) is 0 Å². The second-order valence-electron chi connectivity index (χ2n) is 2.72. The lowest BCUT2D eigenvalue weighted by atomic mass is 9.98. The molecule has 1 nitrogen and oxygen atoms in total. The van der Waals surface area contributed by atoms with Gasteiger partial charge < -0.3 is 4.74 Å². The van der Waals surface area contributed by atoms with Crippen LogP contribution in [-0.2, 0) is 4.74 Å². The van der Waals surface area contributed by atoms with E-state index in [1.54, 1.807) is 7.11 Å². The lowest BCUT2D eigenvalue weighted by molar-refractivity contribution is 0.113. The van der Waals surface area contributed by atoms with Gasteiger partial charge in [0.2, 0.25) is 0 Å². The molecule has 0 saturated heterocycles. The molecule has 0 N–H and O–H groups in total. The lowest BCUT2D eigenvalue weighted by Crippen LogP contribution is -2.25. The second-order valence-corrected chi connectivity index (χ2v) is 3.82. The average Bonchev–Trinajstić information content (AvgIpc) is 1.65. The smallest absolute Gasteiger partial charge is 0.115 e. The van der Waals surface area contributed by atoms with Crippen LogP contribution in [-0.4, -0.2) is 18.6 Å². The maximum atomic E-state index is 5.63. The summed E-state index contributed by atoms with van der Waals surface area (Å²) in [4.78, 5) is -0.363. The molecule has 0 aliphatic heterocycles. The average molecular weight is 171 g/mol. The Hall–Kier alpha value is 0.540. The van der Waals surface area contributed by atoms with Crippen molar-refractivity contribution < 1.29 is 4.74 Å². The highest BCUT2D eigenvalue weighted by Crippen LogP contribution is 2.28. The van der Waals surface area contributed by atoms with Crippen molar-refractivity contribution in [3.8, 4) is 0 Å². The van der Waals surface area contributed by atoms with Crippen molar-refractivity contribution in [2.24, 2.45) is 5.41 Å². The maximum absolute atomic E-state index is 5.63. The summed E-state index contributed by atoms with van der Waals surface area (Å²) >= 11 is 11.3. The van der Waals surface area contributed by atoms with E-state index < -0.39 is 0 Å². The summed E-state index contributed by atoms with van der Waals surface area (Å²) < 4.78 is 4.90. The summed E-state index contributed by atoms with van der Waals surface area (Å²) in [7, 11) is 1.64. The highest BCUT2D eigenvalue weighted by molar-refractivity contribution is 6.44. The normalized spacial score (nSPS) is 12.7. The van der Waals surface area contributed by atoms with Crippen molar-refractivity contribution in [3.63, 3.8) is 0 Å². The first kappa shape index (κ1) is 9.54. The van der Waals surface area contributed by atoms with Crippen molar-refractivity contribution in [1.82, 2.24) is 0 Å². The van der Waals surface area contributed by atoms with Crippen LogP contribution in [0.4, 0.5) is 0 Å². The van der Waals surface area contributed by atoms with E-state index in [1.165, 1.54) is 0 Å². The third-order valence-electron chi connectivity index (χ3n) is 1.11. The van der Waals surface area contributed by atoms with E-state index >= 15 is 0 Å². The first-order valence-electron chi connectivity index (χ1n) is 2.78. The lowest BCUT2D eigenvalue weighted by Gasteiger charge is -2.24. The number of ether oxygens (including phenoxy) is 1. The van der Waals surface area contributed by atoms with Gasteiger partial charge in [0.25, 0.3) is 0 Å². The van der Waals surface area contributed by atoms with Gasteiger partial charge in [0.05, 0.1) is 6.61 Å². The molecule has 9 heavy (non-hydrogen) atoms. The molecule has 3 heteroatoms. The Morgan fingerprint density at radius 3 is 2.00 bits per heavy atom. The molecule has 0 saturated carbocycles. The second kappa shape index (κ2) is 3.65. The quantitative estimate of drug-likeness (QED) is 0.592. The molecule has 0 heterocycles. The molecule has 0 spiro atoms. The Balaban J connectivity index is 3.70. The van der Waals surface area contributed by atoms with E-state index in [0.717, 1.165) is 0 Å². The number of hydrogen-bond donors (Lipinski definition) is 0. The van der Waals surface area contributed by atoms with Crippen molar-refractivity contribution in [1.29, 1.82) is 0 Å². The van der Waals surface area contributed by atoms with Crippen LogP contribution in [0.1, 0.15) is 13.8 Å². The van der Waals surface area contributed by atoms with Gasteiger partial charge in [-0.1, -0.05) is 13.8 Å². The summed E-state index contributed by atoms with van der Waals surface area (Å²) in [6.07, 6.45) is 0. The van der Waals surface area contributed by atoms with E-state index in [1.807, 2.05) is 13.8 Å². The Labute approximate surface area is 66.3 Å². The van der Waals surface area contributed by atoms with Crippen LogP contribution in [0.5, 0.6) is 0 Å². The molecule has 0 fully saturated rings. The molecule has 0 aliphatic carbocycles. The molecule has 0 unspecified atom stereocenters. The SMILES string of the molecule is COCC(C)(C)C(Cl)Cl. The summed E-state index contributed by atoms with van der Waals surface area (Å²) in [6, 6.07) is 0. The molecule has 56 valence electrons. The fraction of sp³-hybridized carbons (Fsp3) is 1.00. The van der Waals surface area contributed by atoms with Crippen LogP contribution in [0.15, 0.2) is 0 Å². The topological polar surface area (TPSA) is 9.23 Å². The van der Waals surface area contributed by atoms with Gasteiger partial charge in [-0.15, -0.1) is 23.2 Å². The van der Waals surface area contributed by atoms with Crippen LogP contribution < -0.4 is 0 Å². The molecule has 0 aromatic heterocycles. The molecule has 0 radical (unpaired) electrons. The van der Waals surface area contributed by atoms with Gasteiger partial charge in [0.15, 0.2) is 0 Å². The fourth-order valence-electron chi connectivity index (χ4n) is 0.435. The molecule has 0 bridgehead atoms. The van der Waals surface area contributed by atoms with E-state index in [2.05, 4.69) is 0 Å². The van der Waals surface area contributed by atoms with Crippen molar-refractivity contribution >= 4 is 23.2 Å².